The Morgan fingerprint density at radius 3 is 2.61 bits per heavy atom. The number of nitrogens with zero attached hydrogens (tertiary/aromatic N) is 3. The second kappa shape index (κ2) is 9.80. The first kappa shape index (κ1) is 22.6. The van der Waals surface area contributed by atoms with Crippen molar-refractivity contribution in [1.29, 1.82) is 0 Å². The second-order valence-electron chi connectivity index (χ2n) is 7.20. The number of carbonyl (C=O) groups is 1. The Balaban J connectivity index is 1.80. The van der Waals surface area contributed by atoms with Crippen molar-refractivity contribution in [2.75, 3.05) is 25.2 Å². The minimum atomic E-state index is -0.797. The van der Waals surface area contributed by atoms with Crippen LogP contribution in [0.1, 0.15) is 35.7 Å². The molecule has 31 heavy (non-hydrogen) atoms. The van der Waals surface area contributed by atoms with E-state index in [0.29, 0.717) is 11.1 Å². The van der Waals surface area contributed by atoms with Crippen LogP contribution in [-0.4, -0.2) is 44.4 Å². The number of benzene rings is 1. The smallest absolute Gasteiger partial charge is 0.330 e. The Morgan fingerprint density at radius 1 is 1.26 bits per heavy atom. The lowest BCUT2D eigenvalue weighted by molar-refractivity contribution is 0.102. The van der Waals surface area contributed by atoms with Crippen LogP contribution >= 0.6 is 11.8 Å². The van der Waals surface area contributed by atoms with E-state index in [0.717, 1.165) is 10.3 Å². The standard InChI is InChI=1S/C21H25N5O4S/c1-13(2)14-4-6-15(7-5-14)25-9-8-23-21(25)31-12-16(27)17-18(22)26(10-11-30-3)20(29)24-19(17)28/h4-9,13H,10-12,22H2,1-3H3,(H,24,28,29). The lowest BCUT2D eigenvalue weighted by atomic mass is 10.0. The maximum atomic E-state index is 12.8. The number of rotatable bonds is 9. The molecule has 9 nitrogen and oxygen atoms in total. The van der Waals surface area contributed by atoms with Gasteiger partial charge in [-0.1, -0.05) is 37.7 Å². The van der Waals surface area contributed by atoms with Crippen LogP contribution in [-0.2, 0) is 11.3 Å². The lowest BCUT2D eigenvalue weighted by Crippen LogP contribution is -2.37. The fourth-order valence-electron chi connectivity index (χ4n) is 3.08. The third-order valence-corrected chi connectivity index (χ3v) is 5.78. The van der Waals surface area contributed by atoms with Crippen LogP contribution in [0.3, 0.4) is 0 Å². The third kappa shape index (κ3) is 4.97. The summed E-state index contributed by atoms with van der Waals surface area (Å²) in [5, 5.41) is 0.605. The van der Waals surface area contributed by atoms with E-state index in [1.807, 2.05) is 22.9 Å². The number of nitrogens with one attached hydrogen (secondary N) is 1. The van der Waals surface area contributed by atoms with Crippen molar-refractivity contribution in [2.45, 2.75) is 31.5 Å². The molecule has 2 heterocycles. The Labute approximate surface area is 183 Å². The number of aromatic nitrogens is 4. The van der Waals surface area contributed by atoms with Crippen molar-refractivity contribution in [3.05, 3.63) is 68.6 Å². The van der Waals surface area contributed by atoms with Crippen LogP contribution in [0.2, 0.25) is 0 Å². The quantitative estimate of drug-likeness (QED) is 0.383. The summed E-state index contributed by atoms with van der Waals surface area (Å²) in [5.74, 6) is -0.278. The molecular formula is C21H25N5O4S. The molecule has 0 aliphatic rings. The van der Waals surface area contributed by atoms with Crippen LogP contribution in [0, 0.1) is 0 Å². The van der Waals surface area contributed by atoms with Crippen molar-refractivity contribution in [2.24, 2.45) is 0 Å². The monoisotopic (exact) mass is 443 g/mol. The molecule has 0 atom stereocenters. The fourth-order valence-corrected chi connectivity index (χ4v) is 3.92. The van der Waals surface area contributed by atoms with E-state index in [1.165, 1.54) is 24.4 Å². The highest BCUT2D eigenvalue weighted by Crippen LogP contribution is 2.23. The van der Waals surface area contributed by atoms with Crippen LogP contribution < -0.4 is 17.0 Å². The zero-order chi connectivity index (χ0) is 22.5. The summed E-state index contributed by atoms with van der Waals surface area (Å²) in [4.78, 5) is 43.5. The average Bonchev–Trinajstić information content (AvgIpc) is 3.20. The van der Waals surface area contributed by atoms with Crippen LogP contribution in [0.25, 0.3) is 5.69 Å². The minimum Gasteiger partial charge on any atom is -0.384 e. The topological polar surface area (TPSA) is 125 Å². The Kier molecular flexibility index (Phi) is 7.13. The maximum absolute atomic E-state index is 12.8. The average molecular weight is 444 g/mol. The molecule has 3 rings (SSSR count). The molecule has 3 N–H and O–H groups in total. The molecule has 0 amide bonds. The summed E-state index contributed by atoms with van der Waals surface area (Å²) in [6.45, 7) is 4.60. The first-order valence-corrected chi connectivity index (χ1v) is 10.7. The summed E-state index contributed by atoms with van der Waals surface area (Å²) in [6.07, 6.45) is 3.46. The zero-order valence-electron chi connectivity index (χ0n) is 17.6. The number of hydrogen-bond donors (Lipinski definition) is 2. The van der Waals surface area contributed by atoms with E-state index in [-0.39, 0.29) is 30.3 Å². The van der Waals surface area contributed by atoms with Crippen LogP contribution in [0.4, 0.5) is 5.82 Å². The first-order valence-electron chi connectivity index (χ1n) is 9.74. The van der Waals surface area contributed by atoms with Crippen molar-refractivity contribution in [3.63, 3.8) is 0 Å². The summed E-state index contributed by atoms with van der Waals surface area (Å²) < 4.78 is 7.95. The van der Waals surface area contributed by atoms with Crippen molar-refractivity contribution in [3.8, 4) is 5.69 Å². The van der Waals surface area contributed by atoms with Gasteiger partial charge in [0.05, 0.1) is 18.9 Å². The Morgan fingerprint density at radius 2 is 1.97 bits per heavy atom. The number of anilines is 1. The van der Waals surface area contributed by atoms with E-state index >= 15 is 0 Å². The summed E-state index contributed by atoms with van der Waals surface area (Å²) in [5.41, 5.74) is 6.41. The number of carbonyl (C=O) groups excluding carboxylic acids is 1. The van der Waals surface area contributed by atoms with Gasteiger partial charge in [0, 0.05) is 25.2 Å². The van der Waals surface area contributed by atoms with E-state index in [9.17, 15) is 14.4 Å². The van der Waals surface area contributed by atoms with Gasteiger partial charge in [0.25, 0.3) is 5.56 Å². The molecule has 1 aromatic carbocycles. The van der Waals surface area contributed by atoms with Gasteiger partial charge in [-0.3, -0.25) is 23.7 Å². The van der Waals surface area contributed by atoms with E-state index in [4.69, 9.17) is 10.5 Å². The number of aromatic amines is 1. The van der Waals surface area contributed by atoms with Crippen LogP contribution in [0.5, 0.6) is 0 Å². The Hall–Kier alpha value is -3.11. The molecule has 0 aliphatic heterocycles. The molecular weight excluding hydrogens is 418 g/mol. The van der Waals surface area contributed by atoms with Gasteiger partial charge in [-0.25, -0.2) is 9.78 Å². The SMILES string of the molecule is COCCn1c(N)c(C(=O)CSc2nccn2-c2ccc(C(C)C)cc2)c(=O)[nH]c1=O. The Bertz CT molecular complexity index is 1180. The predicted molar refractivity (Wildman–Crippen MR) is 120 cm³/mol. The summed E-state index contributed by atoms with van der Waals surface area (Å²) >= 11 is 1.19. The molecule has 0 unspecified atom stereocenters. The van der Waals surface area contributed by atoms with Gasteiger partial charge < -0.3 is 10.5 Å². The number of ether oxygens (including phenoxy) is 1. The molecule has 0 fully saturated rings. The molecule has 0 radical (unpaired) electrons. The predicted octanol–water partition coefficient (Wildman–Crippen LogP) is 2.05. The fraction of sp³-hybridized carbons (Fsp3) is 0.333. The number of Topliss-reactive ketones (excluding diaryl/α,β-unsaturated/α-hetero) is 1. The van der Waals surface area contributed by atoms with Gasteiger partial charge >= 0.3 is 5.69 Å². The van der Waals surface area contributed by atoms with E-state index in [1.54, 1.807) is 6.20 Å². The molecule has 164 valence electrons. The van der Waals surface area contributed by atoms with Gasteiger partial charge in [-0.15, -0.1) is 0 Å². The molecule has 0 saturated carbocycles. The second-order valence-corrected chi connectivity index (χ2v) is 8.14. The molecule has 3 aromatic rings. The largest absolute Gasteiger partial charge is 0.384 e. The first-order chi connectivity index (χ1) is 14.8. The highest BCUT2D eigenvalue weighted by atomic mass is 32.2. The highest BCUT2D eigenvalue weighted by molar-refractivity contribution is 7.99. The maximum Gasteiger partial charge on any atom is 0.330 e. The van der Waals surface area contributed by atoms with Crippen molar-refractivity contribution >= 4 is 23.4 Å². The van der Waals surface area contributed by atoms with Gasteiger partial charge in [-0.2, -0.15) is 0 Å². The van der Waals surface area contributed by atoms with E-state index < -0.39 is 17.0 Å². The van der Waals surface area contributed by atoms with Gasteiger partial charge in [0.15, 0.2) is 10.9 Å². The number of H-pyrrole nitrogens is 1. The number of ketones is 1. The van der Waals surface area contributed by atoms with E-state index in [2.05, 4.69) is 35.9 Å². The lowest BCUT2D eigenvalue weighted by Gasteiger charge is -2.12. The highest BCUT2D eigenvalue weighted by Gasteiger charge is 2.20. The van der Waals surface area contributed by atoms with Crippen molar-refractivity contribution < 1.29 is 9.53 Å². The number of methoxy groups -OCH3 is 1. The molecule has 0 spiro atoms. The minimum absolute atomic E-state index is 0.0587. The molecule has 0 saturated heterocycles. The van der Waals surface area contributed by atoms with Crippen LogP contribution in [0.15, 0.2) is 51.4 Å². The summed E-state index contributed by atoms with van der Waals surface area (Å²) in [7, 11) is 1.48. The normalized spacial score (nSPS) is 11.2. The zero-order valence-corrected chi connectivity index (χ0v) is 18.4. The number of nitrogens with two attached hydrogens (primary N) is 1. The molecule has 0 aliphatic carbocycles. The third-order valence-electron chi connectivity index (χ3n) is 4.81. The molecule has 10 heteroatoms. The van der Waals surface area contributed by atoms with Gasteiger partial charge in [-0.05, 0) is 23.6 Å². The number of thioether (sulfide) groups is 1. The molecule has 0 bridgehead atoms. The number of hydrogen-bond acceptors (Lipinski definition) is 7. The van der Waals surface area contributed by atoms with Gasteiger partial charge in [0.2, 0.25) is 0 Å². The van der Waals surface area contributed by atoms with Crippen molar-refractivity contribution in [1.82, 2.24) is 19.1 Å². The molecule has 2 aromatic heterocycles. The van der Waals surface area contributed by atoms with Gasteiger partial charge in [0.1, 0.15) is 11.4 Å². The number of nitrogen functional groups attached to an aromatic ring is 1. The number of imidazole rings is 1. The summed E-state index contributed by atoms with van der Waals surface area (Å²) in [6, 6.07) is 8.11.